The van der Waals surface area contributed by atoms with Gasteiger partial charge in [-0.2, -0.15) is 0 Å². The third-order valence-electron chi connectivity index (χ3n) is 3.55. The Hall–Kier alpha value is -0.610. The van der Waals surface area contributed by atoms with Gasteiger partial charge >= 0.3 is 0 Å². The quantitative estimate of drug-likeness (QED) is 0.712. The van der Waals surface area contributed by atoms with Gasteiger partial charge in [0, 0.05) is 38.6 Å². The topological polar surface area (TPSA) is 43.8 Å². The molecule has 4 heteroatoms. The molecule has 15 heavy (non-hydrogen) atoms. The summed E-state index contributed by atoms with van der Waals surface area (Å²) in [6.07, 6.45) is 3.41. The lowest BCUT2D eigenvalue weighted by atomic mass is 9.84. The number of rotatable bonds is 3. The highest BCUT2D eigenvalue weighted by Gasteiger charge is 2.30. The van der Waals surface area contributed by atoms with E-state index >= 15 is 0 Å². The molecule has 0 aromatic heterocycles. The molecule has 2 aliphatic rings. The number of piperazine rings is 1. The first-order valence-corrected chi connectivity index (χ1v) is 5.93. The summed E-state index contributed by atoms with van der Waals surface area (Å²) in [7, 11) is 0. The summed E-state index contributed by atoms with van der Waals surface area (Å²) in [5, 5.41) is 8.81. The Morgan fingerprint density at radius 1 is 1.20 bits per heavy atom. The van der Waals surface area contributed by atoms with E-state index in [2.05, 4.69) is 4.90 Å². The molecule has 1 heterocycles. The Morgan fingerprint density at radius 2 is 1.87 bits per heavy atom. The van der Waals surface area contributed by atoms with Gasteiger partial charge in [-0.1, -0.05) is 6.42 Å². The molecule has 0 radical (unpaired) electrons. The summed E-state index contributed by atoms with van der Waals surface area (Å²) in [5.41, 5.74) is 0. The van der Waals surface area contributed by atoms with Crippen LogP contribution in [0, 0.1) is 5.92 Å². The lowest BCUT2D eigenvalue weighted by molar-refractivity contribution is -0.140. The highest BCUT2D eigenvalue weighted by atomic mass is 16.3. The summed E-state index contributed by atoms with van der Waals surface area (Å²) < 4.78 is 0. The van der Waals surface area contributed by atoms with E-state index in [4.69, 9.17) is 5.11 Å². The molecule has 0 bridgehead atoms. The van der Waals surface area contributed by atoms with E-state index in [1.54, 1.807) is 0 Å². The Balaban J connectivity index is 1.74. The zero-order valence-corrected chi connectivity index (χ0v) is 9.19. The Kier molecular flexibility index (Phi) is 3.59. The van der Waals surface area contributed by atoms with E-state index in [1.165, 1.54) is 6.42 Å². The largest absolute Gasteiger partial charge is 0.395 e. The number of carbonyl (C=O) groups is 1. The van der Waals surface area contributed by atoms with Crippen molar-refractivity contribution in [1.82, 2.24) is 9.80 Å². The maximum absolute atomic E-state index is 11.9. The fraction of sp³-hybridized carbons (Fsp3) is 0.909. The highest BCUT2D eigenvalue weighted by Crippen LogP contribution is 2.28. The van der Waals surface area contributed by atoms with Crippen LogP contribution in [0.1, 0.15) is 19.3 Å². The molecule has 1 saturated heterocycles. The first-order valence-electron chi connectivity index (χ1n) is 5.93. The molecule has 0 aromatic rings. The molecule has 0 unspecified atom stereocenters. The number of carbonyl (C=O) groups excluding carboxylic acids is 1. The molecule has 1 saturated carbocycles. The first-order chi connectivity index (χ1) is 7.31. The van der Waals surface area contributed by atoms with Crippen molar-refractivity contribution < 1.29 is 9.90 Å². The van der Waals surface area contributed by atoms with Gasteiger partial charge in [-0.15, -0.1) is 0 Å². The second-order valence-corrected chi connectivity index (χ2v) is 4.52. The van der Waals surface area contributed by atoms with Crippen LogP contribution in [-0.2, 0) is 4.79 Å². The van der Waals surface area contributed by atoms with Gasteiger partial charge < -0.3 is 10.0 Å². The fourth-order valence-corrected chi connectivity index (χ4v) is 2.25. The van der Waals surface area contributed by atoms with E-state index < -0.39 is 0 Å². The molecule has 4 nitrogen and oxygen atoms in total. The van der Waals surface area contributed by atoms with Crippen molar-refractivity contribution in [2.45, 2.75) is 19.3 Å². The van der Waals surface area contributed by atoms with Crippen LogP contribution in [0.25, 0.3) is 0 Å². The average molecular weight is 212 g/mol. The summed E-state index contributed by atoms with van der Waals surface area (Å²) in [6.45, 7) is 4.48. The second-order valence-electron chi connectivity index (χ2n) is 4.52. The lowest BCUT2D eigenvalue weighted by Crippen LogP contribution is -2.51. The molecular weight excluding hydrogens is 192 g/mol. The predicted octanol–water partition coefficient (Wildman–Crippen LogP) is -0.0770. The van der Waals surface area contributed by atoms with Crippen molar-refractivity contribution >= 4 is 5.91 Å². The zero-order chi connectivity index (χ0) is 10.7. The zero-order valence-electron chi connectivity index (χ0n) is 9.19. The molecule has 0 atom stereocenters. The lowest BCUT2D eigenvalue weighted by Gasteiger charge is -2.38. The molecule has 0 aromatic carbocycles. The van der Waals surface area contributed by atoms with Crippen LogP contribution in [0.2, 0.25) is 0 Å². The van der Waals surface area contributed by atoms with Gasteiger partial charge in [-0.05, 0) is 12.8 Å². The van der Waals surface area contributed by atoms with Crippen molar-refractivity contribution in [2.24, 2.45) is 5.92 Å². The maximum Gasteiger partial charge on any atom is 0.225 e. The monoisotopic (exact) mass is 212 g/mol. The Labute approximate surface area is 90.9 Å². The fourth-order valence-electron chi connectivity index (χ4n) is 2.25. The van der Waals surface area contributed by atoms with Gasteiger partial charge in [-0.25, -0.2) is 0 Å². The number of amides is 1. The van der Waals surface area contributed by atoms with Crippen LogP contribution in [0.3, 0.4) is 0 Å². The summed E-state index contributed by atoms with van der Waals surface area (Å²) >= 11 is 0. The maximum atomic E-state index is 11.9. The van der Waals surface area contributed by atoms with Crippen molar-refractivity contribution in [2.75, 3.05) is 39.3 Å². The number of aliphatic hydroxyl groups is 1. The van der Waals surface area contributed by atoms with Gasteiger partial charge in [0.1, 0.15) is 0 Å². The molecule has 1 N–H and O–H groups in total. The standard InChI is InChI=1S/C11H20N2O2/c14-9-8-12-4-6-13(7-5-12)11(15)10-2-1-3-10/h10,14H,1-9H2. The highest BCUT2D eigenvalue weighted by molar-refractivity contribution is 5.79. The van der Waals surface area contributed by atoms with Gasteiger partial charge in [0.2, 0.25) is 5.91 Å². The van der Waals surface area contributed by atoms with Crippen molar-refractivity contribution in [3.63, 3.8) is 0 Å². The van der Waals surface area contributed by atoms with E-state index in [1.807, 2.05) is 4.90 Å². The number of nitrogens with zero attached hydrogens (tertiary/aromatic N) is 2. The molecule has 1 aliphatic carbocycles. The van der Waals surface area contributed by atoms with E-state index in [0.717, 1.165) is 45.6 Å². The SMILES string of the molecule is O=C(C1CCC1)N1CCN(CCO)CC1. The third kappa shape index (κ3) is 2.49. The van der Waals surface area contributed by atoms with Crippen LogP contribution in [0.15, 0.2) is 0 Å². The van der Waals surface area contributed by atoms with Crippen LogP contribution in [-0.4, -0.2) is 60.1 Å². The molecule has 2 rings (SSSR count). The summed E-state index contributed by atoms with van der Waals surface area (Å²) in [5.74, 6) is 0.694. The van der Waals surface area contributed by atoms with Gasteiger partial charge in [0.15, 0.2) is 0 Å². The molecule has 2 fully saturated rings. The van der Waals surface area contributed by atoms with E-state index in [-0.39, 0.29) is 6.61 Å². The number of hydrogen-bond donors (Lipinski definition) is 1. The Morgan fingerprint density at radius 3 is 2.33 bits per heavy atom. The normalized spacial score (nSPS) is 23.9. The number of β-amino-alcohol motifs (C(OH)–C–C–N with tert-alkyl or cyclic N) is 1. The minimum Gasteiger partial charge on any atom is -0.395 e. The van der Waals surface area contributed by atoms with Gasteiger partial charge in [0.05, 0.1) is 6.61 Å². The van der Waals surface area contributed by atoms with Gasteiger partial charge in [0.25, 0.3) is 0 Å². The number of hydrogen-bond acceptors (Lipinski definition) is 3. The minimum atomic E-state index is 0.219. The van der Waals surface area contributed by atoms with Crippen LogP contribution >= 0.6 is 0 Å². The van der Waals surface area contributed by atoms with Crippen molar-refractivity contribution in [3.8, 4) is 0 Å². The average Bonchev–Trinajstić information content (AvgIpc) is 2.16. The van der Waals surface area contributed by atoms with Crippen molar-refractivity contribution in [3.05, 3.63) is 0 Å². The first kappa shape index (κ1) is 10.9. The smallest absolute Gasteiger partial charge is 0.225 e. The summed E-state index contributed by atoms with van der Waals surface area (Å²) in [4.78, 5) is 16.1. The van der Waals surface area contributed by atoms with E-state index in [0.29, 0.717) is 11.8 Å². The summed E-state index contributed by atoms with van der Waals surface area (Å²) in [6, 6.07) is 0. The van der Waals surface area contributed by atoms with E-state index in [9.17, 15) is 4.79 Å². The van der Waals surface area contributed by atoms with Crippen molar-refractivity contribution in [1.29, 1.82) is 0 Å². The molecule has 86 valence electrons. The third-order valence-corrected chi connectivity index (χ3v) is 3.55. The minimum absolute atomic E-state index is 0.219. The Bertz CT molecular complexity index is 221. The molecule has 1 amide bonds. The predicted molar refractivity (Wildman–Crippen MR) is 57.4 cm³/mol. The number of aliphatic hydroxyl groups excluding tert-OH is 1. The second kappa shape index (κ2) is 4.94. The van der Waals surface area contributed by atoms with Crippen LogP contribution < -0.4 is 0 Å². The van der Waals surface area contributed by atoms with Gasteiger partial charge in [-0.3, -0.25) is 9.69 Å². The van der Waals surface area contributed by atoms with Crippen LogP contribution in [0.4, 0.5) is 0 Å². The van der Waals surface area contributed by atoms with Crippen LogP contribution in [0.5, 0.6) is 0 Å². The molecular formula is C11H20N2O2. The molecule has 0 spiro atoms. The molecule has 1 aliphatic heterocycles.